The first-order chi connectivity index (χ1) is 7.72. The zero-order valence-corrected chi connectivity index (χ0v) is 9.16. The summed E-state index contributed by atoms with van der Waals surface area (Å²) < 4.78 is 13.7. The van der Waals surface area contributed by atoms with Crippen molar-refractivity contribution in [1.82, 2.24) is 20.5 Å². The van der Waals surface area contributed by atoms with Gasteiger partial charge in [0, 0.05) is 5.56 Å². The molecule has 1 aromatic carbocycles. The number of hydrogen-bond donors (Lipinski definition) is 2. The molecule has 2 rings (SSSR count). The summed E-state index contributed by atoms with van der Waals surface area (Å²) in [6.45, 7) is 1.93. The molecule has 1 atom stereocenters. The number of hydrogen-bond acceptors (Lipinski definition) is 3. The van der Waals surface area contributed by atoms with Gasteiger partial charge in [-0.15, -0.1) is 0 Å². The monoisotopic (exact) mass is 220 g/mol. The lowest BCUT2D eigenvalue weighted by Gasteiger charge is -2.15. The van der Waals surface area contributed by atoms with Gasteiger partial charge >= 0.3 is 0 Å². The number of nitrogens with one attached hydrogen (secondary N) is 2. The lowest BCUT2D eigenvalue weighted by Crippen LogP contribution is -2.20. The van der Waals surface area contributed by atoms with Crippen molar-refractivity contribution in [2.24, 2.45) is 0 Å². The second-order valence-corrected chi connectivity index (χ2v) is 3.62. The molecule has 1 aromatic heterocycles. The summed E-state index contributed by atoms with van der Waals surface area (Å²) >= 11 is 0. The topological polar surface area (TPSA) is 53.6 Å². The normalized spacial score (nSPS) is 12.7. The Kier molecular flexibility index (Phi) is 2.96. The van der Waals surface area contributed by atoms with E-state index in [4.69, 9.17) is 0 Å². The first-order valence-corrected chi connectivity index (χ1v) is 5.01. The minimum Gasteiger partial charge on any atom is -0.307 e. The number of aryl methyl sites for hydroxylation is 1. The summed E-state index contributed by atoms with van der Waals surface area (Å²) in [5, 5.41) is 9.53. The van der Waals surface area contributed by atoms with Gasteiger partial charge in [0.1, 0.15) is 18.0 Å². The van der Waals surface area contributed by atoms with Gasteiger partial charge in [-0.2, -0.15) is 5.10 Å². The Bertz CT molecular complexity index is 467. The molecular formula is C11H13FN4. The Balaban J connectivity index is 2.44. The van der Waals surface area contributed by atoms with Gasteiger partial charge in [0.05, 0.1) is 6.04 Å². The first kappa shape index (κ1) is 10.8. The average Bonchev–Trinajstić information content (AvgIpc) is 2.78. The van der Waals surface area contributed by atoms with E-state index < -0.39 is 0 Å². The number of benzene rings is 1. The Hall–Kier alpha value is -1.75. The molecule has 0 aliphatic heterocycles. The number of rotatable bonds is 3. The minimum atomic E-state index is -0.303. The van der Waals surface area contributed by atoms with E-state index in [1.807, 2.05) is 6.92 Å². The lowest BCUT2D eigenvalue weighted by molar-refractivity contribution is 0.563. The highest BCUT2D eigenvalue weighted by atomic mass is 19.1. The molecule has 0 aliphatic carbocycles. The van der Waals surface area contributed by atoms with Gasteiger partial charge < -0.3 is 5.32 Å². The highest BCUT2D eigenvalue weighted by molar-refractivity contribution is 5.30. The fourth-order valence-electron chi connectivity index (χ4n) is 1.68. The van der Waals surface area contributed by atoms with E-state index >= 15 is 0 Å². The molecule has 4 nitrogen and oxygen atoms in total. The fourth-order valence-corrected chi connectivity index (χ4v) is 1.68. The van der Waals surface area contributed by atoms with Crippen molar-refractivity contribution in [3.63, 3.8) is 0 Å². The Morgan fingerprint density at radius 1 is 1.44 bits per heavy atom. The third kappa shape index (κ3) is 1.94. The molecule has 0 radical (unpaired) electrons. The molecule has 0 spiro atoms. The van der Waals surface area contributed by atoms with Crippen molar-refractivity contribution >= 4 is 0 Å². The van der Waals surface area contributed by atoms with E-state index in [-0.39, 0.29) is 11.9 Å². The number of aromatic amines is 1. The van der Waals surface area contributed by atoms with Crippen LogP contribution in [0.15, 0.2) is 24.5 Å². The summed E-state index contributed by atoms with van der Waals surface area (Å²) in [6.07, 6.45) is 1.41. The average molecular weight is 220 g/mol. The number of nitrogens with zero attached hydrogens (tertiary/aromatic N) is 2. The third-order valence-electron chi connectivity index (χ3n) is 2.46. The van der Waals surface area contributed by atoms with Crippen LogP contribution in [0.5, 0.6) is 0 Å². The zero-order chi connectivity index (χ0) is 11.5. The molecule has 0 saturated carbocycles. The van der Waals surface area contributed by atoms with Crippen molar-refractivity contribution in [2.45, 2.75) is 13.0 Å². The summed E-state index contributed by atoms with van der Waals surface area (Å²) in [4.78, 5) is 4.04. The van der Waals surface area contributed by atoms with E-state index in [0.717, 1.165) is 5.56 Å². The third-order valence-corrected chi connectivity index (χ3v) is 2.46. The van der Waals surface area contributed by atoms with Crippen LogP contribution >= 0.6 is 0 Å². The molecule has 2 N–H and O–H groups in total. The quantitative estimate of drug-likeness (QED) is 0.825. The van der Waals surface area contributed by atoms with Gasteiger partial charge in [0.25, 0.3) is 0 Å². The van der Waals surface area contributed by atoms with Crippen LogP contribution in [0.4, 0.5) is 4.39 Å². The van der Waals surface area contributed by atoms with Gasteiger partial charge in [-0.1, -0.05) is 17.7 Å². The maximum Gasteiger partial charge on any atom is 0.146 e. The Labute approximate surface area is 92.9 Å². The van der Waals surface area contributed by atoms with E-state index in [2.05, 4.69) is 20.5 Å². The summed E-state index contributed by atoms with van der Waals surface area (Å²) in [5.74, 6) is 0.355. The molecule has 0 amide bonds. The van der Waals surface area contributed by atoms with E-state index in [9.17, 15) is 4.39 Å². The van der Waals surface area contributed by atoms with Crippen LogP contribution in [0.1, 0.15) is 23.0 Å². The molecule has 0 saturated heterocycles. The van der Waals surface area contributed by atoms with Crippen LogP contribution in [0.25, 0.3) is 0 Å². The van der Waals surface area contributed by atoms with Gasteiger partial charge in [0.2, 0.25) is 0 Å². The number of halogens is 1. The van der Waals surface area contributed by atoms with Crippen LogP contribution in [0, 0.1) is 12.7 Å². The summed E-state index contributed by atoms with van der Waals surface area (Å²) in [7, 11) is 1.76. The summed E-state index contributed by atoms with van der Waals surface area (Å²) in [6, 6.07) is 4.71. The second-order valence-electron chi connectivity index (χ2n) is 3.62. The zero-order valence-electron chi connectivity index (χ0n) is 9.16. The highest BCUT2D eigenvalue weighted by Crippen LogP contribution is 2.22. The maximum atomic E-state index is 13.7. The Morgan fingerprint density at radius 2 is 2.25 bits per heavy atom. The molecule has 16 heavy (non-hydrogen) atoms. The molecular weight excluding hydrogens is 207 g/mol. The largest absolute Gasteiger partial charge is 0.307 e. The van der Waals surface area contributed by atoms with Crippen LogP contribution in [0.2, 0.25) is 0 Å². The summed E-state index contributed by atoms with van der Waals surface area (Å²) in [5.41, 5.74) is 1.58. The lowest BCUT2D eigenvalue weighted by atomic mass is 10.0. The maximum absolute atomic E-state index is 13.7. The molecule has 2 aromatic rings. The molecule has 1 unspecified atom stereocenters. The number of aromatic nitrogens is 3. The predicted molar refractivity (Wildman–Crippen MR) is 58.4 cm³/mol. The molecule has 1 heterocycles. The molecule has 5 heteroatoms. The molecule has 0 aliphatic rings. The minimum absolute atomic E-state index is 0.249. The SMILES string of the molecule is CNC(c1ncn[nH]1)c1cc(C)ccc1F. The molecule has 0 fully saturated rings. The standard InChI is InChI=1S/C11H13FN4/c1-7-3-4-9(12)8(5-7)10(13-2)11-14-6-15-16-11/h3-6,10,13H,1-2H3,(H,14,15,16). The smallest absolute Gasteiger partial charge is 0.146 e. The van der Waals surface area contributed by atoms with Gasteiger partial charge in [-0.05, 0) is 20.0 Å². The van der Waals surface area contributed by atoms with Crippen LogP contribution < -0.4 is 5.32 Å². The fraction of sp³-hybridized carbons (Fsp3) is 0.273. The second kappa shape index (κ2) is 4.40. The predicted octanol–water partition coefficient (Wildman–Crippen LogP) is 1.56. The van der Waals surface area contributed by atoms with Crippen molar-refractivity contribution in [1.29, 1.82) is 0 Å². The first-order valence-electron chi connectivity index (χ1n) is 5.01. The van der Waals surface area contributed by atoms with Crippen molar-refractivity contribution in [2.75, 3.05) is 7.05 Å². The van der Waals surface area contributed by atoms with Gasteiger partial charge in [0.15, 0.2) is 0 Å². The van der Waals surface area contributed by atoms with Gasteiger partial charge in [-0.25, -0.2) is 9.37 Å². The van der Waals surface area contributed by atoms with Crippen molar-refractivity contribution in [3.8, 4) is 0 Å². The van der Waals surface area contributed by atoms with Crippen LogP contribution in [0.3, 0.4) is 0 Å². The van der Waals surface area contributed by atoms with E-state index in [0.29, 0.717) is 11.4 Å². The van der Waals surface area contributed by atoms with Crippen LogP contribution in [-0.2, 0) is 0 Å². The number of H-pyrrole nitrogens is 1. The van der Waals surface area contributed by atoms with Gasteiger partial charge in [-0.3, -0.25) is 5.10 Å². The Morgan fingerprint density at radius 3 is 2.88 bits per heavy atom. The highest BCUT2D eigenvalue weighted by Gasteiger charge is 2.18. The van der Waals surface area contributed by atoms with Crippen molar-refractivity contribution in [3.05, 3.63) is 47.3 Å². The van der Waals surface area contributed by atoms with Crippen molar-refractivity contribution < 1.29 is 4.39 Å². The van der Waals surface area contributed by atoms with E-state index in [1.165, 1.54) is 12.4 Å². The van der Waals surface area contributed by atoms with Crippen LogP contribution in [-0.4, -0.2) is 22.2 Å². The molecule has 0 bridgehead atoms. The molecule has 84 valence electrons. The van der Waals surface area contributed by atoms with E-state index in [1.54, 1.807) is 19.2 Å².